The Kier molecular flexibility index (Phi) is 4.06. The van der Waals surface area contributed by atoms with E-state index in [-0.39, 0.29) is 11.9 Å². The second-order valence-electron chi connectivity index (χ2n) is 5.56. The minimum atomic E-state index is -0.164. The summed E-state index contributed by atoms with van der Waals surface area (Å²) in [6.07, 6.45) is 1.98. The maximum atomic E-state index is 14.6. The van der Waals surface area contributed by atoms with Crippen molar-refractivity contribution in [1.82, 2.24) is 14.8 Å². The minimum Gasteiger partial charge on any atom is -0.348 e. The van der Waals surface area contributed by atoms with Gasteiger partial charge < -0.3 is 9.88 Å². The number of aryl methyl sites for hydroxylation is 1. The lowest BCUT2D eigenvalue weighted by atomic mass is 10.0. The van der Waals surface area contributed by atoms with Gasteiger partial charge in [0.05, 0.1) is 0 Å². The first kappa shape index (κ1) is 14.6. The maximum absolute atomic E-state index is 14.6. The molecule has 0 aliphatic carbocycles. The Morgan fingerprint density at radius 2 is 2.24 bits per heavy atom. The number of benzene rings is 1. The molecule has 3 rings (SSSR count). The monoisotopic (exact) mass is 305 g/mol. The molecular formula is C16H20FN3S. The van der Waals surface area contributed by atoms with Gasteiger partial charge in [-0.05, 0) is 32.2 Å². The van der Waals surface area contributed by atoms with Gasteiger partial charge in [0.2, 0.25) is 0 Å². The van der Waals surface area contributed by atoms with E-state index in [1.54, 1.807) is 6.07 Å². The molecule has 0 spiro atoms. The first-order valence-electron chi connectivity index (χ1n) is 7.35. The van der Waals surface area contributed by atoms with Crippen LogP contribution in [0.4, 0.5) is 4.39 Å². The SMILES string of the molecule is CCn1ccc(=S)c2cc(F)c(C3CNCCN3C)cc21. The van der Waals surface area contributed by atoms with Gasteiger partial charge in [-0.15, -0.1) is 0 Å². The van der Waals surface area contributed by atoms with Gasteiger partial charge in [0, 0.05) is 59.4 Å². The Labute approximate surface area is 129 Å². The summed E-state index contributed by atoms with van der Waals surface area (Å²) in [5.41, 5.74) is 1.76. The predicted molar refractivity (Wildman–Crippen MR) is 86.6 cm³/mol. The Morgan fingerprint density at radius 1 is 1.43 bits per heavy atom. The number of nitrogens with one attached hydrogen (secondary N) is 1. The molecule has 5 heteroatoms. The largest absolute Gasteiger partial charge is 0.348 e. The lowest BCUT2D eigenvalue weighted by molar-refractivity contribution is 0.198. The number of hydrogen-bond donors (Lipinski definition) is 1. The van der Waals surface area contributed by atoms with E-state index >= 15 is 0 Å². The molecule has 2 aromatic rings. The fourth-order valence-corrected chi connectivity index (χ4v) is 3.25. The summed E-state index contributed by atoms with van der Waals surface area (Å²) in [5.74, 6) is -0.164. The highest BCUT2D eigenvalue weighted by atomic mass is 32.1. The Bertz CT molecular complexity index is 725. The van der Waals surface area contributed by atoms with Gasteiger partial charge in [-0.2, -0.15) is 0 Å². The molecular weight excluding hydrogens is 285 g/mol. The molecule has 3 nitrogen and oxygen atoms in total. The van der Waals surface area contributed by atoms with Crippen LogP contribution in [0.2, 0.25) is 0 Å². The maximum Gasteiger partial charge on any atom is 0.128 e. The molecule has 1 N–H and O–H groups in total. The summed E-state index contributed by atoms with van der Waals surface area (Å²) in [6, 6.07) is 5.51. The van der Waals surface area contributed by atoms with Crippen LogP contribution >= 0.6 is 12.2 Å². The molecule has 112 valence electrons. The first-order valence-corrected chi connectivity index (χ1v) is 7.76. The molecule has 1 saturated heterocycles. The molecule has 1 fully saturated rings. The van der Waals surface area contributed by atoms with E-state index in [9.17, 15) is 4.39 Å². The zero-order valence-electron chi connectivity index (χ0n) is 12.4. The fourth-order valence-electron chi connectivity index (χ4n) is 3.03. The highest BCUT2D eigenvalue weighted by molar-refractivity contribution is 7.71. The van der Waals surface area contributed by atoms with E-state index in [1.807, 2.05) is 25.4 Å². The van der Waals surface area contributed by atoms with E-state index in [4.69, 9.17) is 12.2 Å². The highest BCUT2D eigenvalue weighted by Crippen LogP contribution is 2.28. The summed E-state index contributed by atoms with van der Waals surface area (Å²) in [7, 11) is 2.05. The number of nitrogens with zero attached hydrogens (tertiary/aromatic N) is 2. The van der Waals surface area contributed by atoms with Crippen LogP contribution in [0.15, 0.2) is 24.4 Å². The van der Waals surface area contributed by atoms with Gasteiger partial charge >= 0.3 is 0 Å². The van der Waals surface area contributed by atoms with Crippen LogP contribution < -0.4 is 5.32 Å². The van der Waals surface area contributed by atoms with Crippen molar-refractivity contribution in [2.24, 2.45) is 0 Å². The van der Waals surface area contributed by atoms with Crippen LogP contribution in [-0.4, -0.2) is 36.1 Å². The Hall–Kier alpha value is -1.30. The van der Waals surface area contributed by atoms with Gasteiger partial charge in [0.25, 0.3) is 0 Å². The van der Waals surface area contributed by atoms with Crippen molar-refractivity contribution in [2.45, 2.75) is 19.5 Å². The minimum absolute atomic E-state index is 0.0715. The number of piperazine rings is 1. The zero-order chi connectivity index (χ0) is 15.0. The van der Waals surface area contributed by atoms with E-state index in [2.05, 4.69) is 21.7 Å². The van der Waals surface area contributed by atoms with Crippen LogP contribution in [-0.2, 0) is 6.54 Å². The molecule has 1 aromatic heterocycles. The van der Waals surface area contributed by atoms with E-state index in [1.165, 1.54) is 0 Å². The number of halogens is 1. The standard InChI is InChI=1S/C16H20FN3S/c1-3-20-6-4-16(21)12-8-13(17)11(9-14(12)20)15-10-18-5-7-19(15)2/h4,6,8-9,15,18H,3,5,7,10H2,1-2H3. The topological polar surface area (TPSA) is 20.2 Å². The molecule has 1 aliphatic rings. The van der Waals surface area contributed by atoms with Crippen molar-refractivity contribution in [3.8, 4) is 0 Å². The zero-order valence-corrected chi connectivity index (χ0v) is 13.2. The van der Waals surface area contributed by atoms with Crippen LogP contribution in [0.25, 0.3) is 10.9 Å². The smallest absolute Gasteiger partial charge is 0.128 e. The number of fused-ring (bicyclic) bond motifs is 1. The Balaban J connectivity index is 2.20. The van der Waals surface area contributed by atoms with Crippen LogP contribution in [0, 0.1) is 10.3 Å². The summed E-state index contributed by atoms with van der Waals surface area (Å²) >= 11 is 5.34. The number of pyridine rings is 1. The summed E-state index contributed by atoms with van der Waals surface area (Å²) in [5, 5.41) is 4.16. The second kappa shape index (κ2) is 5.83. The van der Waals surface area contributed by atoms with Crippen molar-refractivity contribution in [2.75, 3.05) is 26.7 Å². The predicted octanol–water partition coefficient (Wildman–Crippen LogP) is 3.11. The van der Waals surface area contributed by atoms with Crippen LogP contribution in [0.3, 0.4) is 0 Å². The molecule has 0 amide bonds. The molecule has 21 heavy (non-hydrogen) atoms. The number of aromatic nitrogens is 1. The normalized spacial score (nSPS) is 20.0. The third-order valence-electron chi connectivity index (χ3n) is 4.31. The molecule has 0 radical (unpaired) electrons. The van der Waals surface area contributed by atoms with Crippen molar-refractivity contribution < 1.29 is 4.39 Å². The average Bonchev–Trinajstić information content (AvgIpc) is 2.49. The van der Waals surface area contributed by atoms with E-state index in [0.717, 1.165) is 42.6 Å². The summed E-state index contributed by atoms with van der Waals surface area (Å²) in [6.45, 7) is 5.58. The summed E-state index contributed by atoms with van der Waals surface area (Å²) in [4.78, 5) is 2.20. The van der Waals surface area contributed by atoms with Gasteiger partial charge in [0.15, 0.2) is 0 Å². The Morgan fingerprint density at radius 3 is 2.95 bits per heavy atom. The van der Waals surface area contributed by atoms with Crippen LogP contribution in [0.5, 0.6) is 0 Å². The van der Waals surface area contributed by atoms with E-state index < -0.39 is 0 Å². The first-order chi connectivity index (χ1) is 10.1. The summed E-state index contributed by atoms with van der Waals surface area (Å²) < 4.78 is 17.4. The van der Waals surface area contributed by atoms with Crippen LogP contribution in [0.1, 0.15) is 18.5 Å². The van der Waals surface area contributed by atoms with Gasteiger partial charge in [0.1, 0.15) is 5.82 Å². The number of likely N-dealkylation sites (N-methyl/N-ethyl adjacent to an activating group) is 1. The molecule has 1 atom stereocenters. The fraction of sp³-hybridized carbons (Fsp3) is 0.438. The molecule has 1 aromatic carbocycles. The van der Waals surface area contributed by atoms with Crippen molar-refractivity contribution in [1.29, 1.82) is 0 Å². The third-order valence-corrected chi connectivity index (χ3v) is 4.66. The van der Waals surface area contributed by atoms with Crippen molar-refractivity contribution >= 4 is 23.1 Å². The molecule has 2 heterocycles. The quantitative estimate of drug-likeness (QED) is 0.861. The third kappa shape index (κ3) is 2.61. The van der Waals surface area contributed by atoms with Gasteiger partial charge in [-0.3, -0.25) is 4.90 Å². The van der Waals surface area contributed by atoms with Gasteiger partial charge in [-0.25, -0.2) is 4.39 Å². The molecule has 1 unspecified atom stereocenters. The molecule has 0 saturated carbocycles. The average molecular weight is 305 g/mol. The molecule has 1 aliphatic heterocycles. The van der Waals surface area contributed by atoms with Crippen molar-refractivity contribution in [3.05, 3.63) is 40.3 Å². The van der Waals surface area contributed by atoms with E-state index in [0.29, 0.717) is 4.51 Å². The lowest BCUT2D eigenvalue weighted by Crippen LogP contribution is -2.44. The lowest BCUT2D eigenvalue weighted by Gasteiger charge is -2.33. The van der Waals surface area contributed by atoms with Crippen molar-refractivity contribution in [3.63, 3.8) is 0 Å². The van der Waals surface area contributed by atoms with Gasteiger partial charge in [-0.1, -0.05) is 12.2 Å². The second-order valence-corrected chi connectivity index (χ2v) is 6.00. The number of hydrogen-bond acceptors (Lipinski definition) is 3. The highest BCUT2D eigenvalue weighted by Gasteiger charge is 2.24. The molecule has 0 bridgehead atoms. The number of rotatable bonds is 2.